The van der Waals surface area contributed by atoms with E-state index in [4.69, 9.17) is 4.74 Å². The lowest BCUT2D eigenvalue weighted by molar-refractivity contribution is -0.116. The fourth-order valence-electron chi connectivity index (χ4n) is 2.79. The minimum absolute atomic E-state index is 0.143. The van der Waals surface area contributed by atoms with E-state index in [2.05, 4.69) is 21.9 Å². The number of amides is 1. The Hall–Kier alpha value is -2.54. The number of carbonyl (C=O) groups excluding carboxylic acids is 1. The number of hydrogen-bond acceptors (Lipinski definition) is 5. The maximum atomic E-state index is 12.6. The van der Waals surface area contributed by atoms with Gasteiger partial charge in [-0.3, -0.25) is 9.59 Å². The standard InChI is InChI=1S/C18H19N3O3S/c1-3-9-24-12-7-5-11(6-8-12)13-10-14(22)19-16-15(13)17(23)21-18(20-16)25-4-2/h3,5-8,13H,1,4,9-10H2,2H3,(H2,19,20,21,22,23)/t13-/m0/s1. The first-order valence-electron chi connectivity index (χ1n) is 8.03. The zero-order valence-corrected chi connectivity index (χ0v) is 14.7. The predicted octanol–water partition coefficient (Wildman–Crippen LogP) is 2.92. The van der Waals surface area contributed by atoms with Crippen LogP contribution < -0.4 is 15.6 Å². The molecule has 0 saturated carbocycles. The maximum Gasteiger partial charge on any atom is 0.257 e. The molecule has 2 heterocycles. The van der Waals surface area contributed by atoms with Gasteiger partial charge in [-0.15, -0.1) is 0 Å². The lowest BCUT2D eigenvalue weighted by Gasteiger charge is -2.24. The molecule has 25 heavy (non-hydrogen) atoms. The summed E-state index contributed by atoms with van der Waals surface area (Å²) in [5.41, 5.74) is 1.17. The van der Waals surface area contributed by atoms with Gasteiger partial charge in [0.05, 0.1) is 5.56 Å². The fraction of sp³-hybridized carbons (Fsp3) is 0.278. The number of benzene rings is 1. The summed E-state index contributed by atoms with van der Waals surface area (Å²) in [6.45, 7) is 6.01. The molecule has 0 radical (unpaired) electrons. The van der Waals surface area contributed by atoms with Gasteiger partial charge in [0.2, 0.25) is 5.91 Å². The molecule has 0 aliphatic carbocycles. The summed E-state index contributed by atoms with van der Waals surface area (Å²) in [7, 11) is 0. The van der Waals surface area contributed by atoms with E-state index in [9.17, 15) is 9.59 Å². The van der Waals surface area contributed by atoms with E-state index < -0.39 is 0 Å². The third-order valence-electron chi connectivity index (χ3n) is 3.86. The van der Waals surface area contributed by atoms with Gasteiger partial charge in [0.15, 0.2) is 5.16 Å². The predicted molar refractivity (Wildman–Crippen MR) is 98.5 cm³/mol. The van der Waals surface area contributed by atoms with Crippen molar-refractivity contribution in [2.45, 2.75) is 24.4 Å². The highest BCUT2D eigenvalue weighted by Crippen LogP contribution is 2.35. The first-order valence-corrected chi connectivity index (χ1v) is 9.01. The van der Waals surface area contributed by atoms with Crippen molar-refractivity contribution in [1.29, 1.82) is 0 Å². The van der Waals surface area contributed by atoms with Crippen LogP contribution in [0.2, 0.25) is 0 Å². The molecule has 1 aromatic heterocycles. The van der Waals surface area contributed by atoms with Crippen molar-refractivity contribution in [2.24, 2.45) is 0 Å². The molecule has 130 valence electrons. The molecule has 2 aromatic rings. The summed E-state index contributed by atoms with van der Waals surface area (Å²) in [4.78, 5) is 31.8. The van der Waals surface area contributed by atoms with Gasteiger partial charge < -0.3 is 15.0 Å². The second-order valence-corrected chi connectivity index (χ2v) is 6.79. The van der Waals surface area contributed by atoms with Crippen molar-refractivity contribution in [3.8, 4) is 5.75 Å². The molecule has 0 spiro atoms. The molecule has 6 nitrogen and oxygen atoms in total. The molecule has 1 aliphatic heterocycles. The van der Waals surface area contributed by atoms with E-state index in [0.717, 1.165) is 11.3 Å². The van der Waals surface area contributed by atoms with E-state index in [-0.39, 0.29) is 23.8 Å². The number of H-pyrrole nitrogens is 1. The Morgan fingerprint density at radius 2 is 2.12 bits per heavy atom. The Morgan fingerprint density at radius 3 is 2.80 bits per heavy atom. The first-order chi connectivity index (χ1) is 12.1. The Bertz CT molecular complexity index is 846. The van der Waals surface area contributed by atoms with Crippen LogP contribution in [0.5, 0.6) is 5.75 Å². The van der Waals surface area contributed by atoms with Crippen LogP contribution in [0.25, 0.3) is 0 Å². The number of fused-ring (bicyclic) bond motifs is 1. The van der Waals surface area contributed by atoms with Crippen LogP contribution in [-0.4, -0.2) is 28.2 Å². The minimum atomic E-state index is -0.325. The van der Waals surface area contributed by atoms with E-state index >= 15 is 0 Å². The summed E-state index contributed by atoms with van der Waals surface area (Å²) in [6, 6.07) is 7.40. The molecule has 1 amide bonds. The van der Waals surface area contributed by atoms with Gasteiger partial charge in [-0.1, -0.05) is 43.5 Å². The third-order valence-corrected chi connectivity index (χ3v) is 4.62. The second-order valence-electron chi connectivity index (χ2n) is 5.54. The van der Waals surface area contributed by atoms with Crippen molar-refractivity contribution < 1.29 is 9.53 Å². The highest BCUT2D eigenvalue weighted by Gasteiger charge is 2.30. The number of anilines is 1. The Kier molecular flexibility index (Phi) is 5.23. The van der Waals surface area contributed by atoms with Crippen LogP contribution in [0.1, 0.15) is 30.4 Å². The number of nitrogens with zero attached hydrogens (tertiary/aromatic N) is 1. The Labute approximate surface area is 149 Å². The maximum absolute atomic E-state index is 12.6. The van der Waals surface area contributed by atoms with Crippen molar-refractivity contribution in [3.05, 3.63) is 58.4 Å². The highest BCUT2D eigenvalue weighted by molar-refractivity contribution is 7.99. The Morgan fingerprint density at radius 1 is 1.36 bits per heavy atom. The lowest BCUT2D eigenvalue weighted by Crippen LogP contribution is -2.31. The SMILES string of the molecule is C=CCOc1ccc([C@@H]2CC(=O)Nc3nc(SCC)[nH]c(=O)c32)cc1. The zero-order valence-electron chi connectivity index (χ0n) is 13.9. The number of hydrogen-bond donors (Lipinski definition) is 2. The average molecular weight is 357 g/mol. The van der Waals surface area contributed by atoms with Crippen molar-refractivity contribution in [2.75, 3.05) is 17.7 Å². The average Bonchev–Trinajstić information content (AvgIpc) is 2.59. The minimum Gasteiger partial charge on any atom is -0.490 e. The van der Waals surface area contributed by atoms with Gasteiger partial charge in [0, 0.05) is 12.3 Å². The van der Waals surface area contributed by atoms with Crippen LogP contribution >= 0.6 is 11.8 Å². The van der Waals surface area contributed by atoms with Gasteiger partial charge in [-0.05, 0) is 23.4 Å². The first kappa shape index (κ1) is 17.3. The van der Waals surface area contributed by atoms with E-state index in [0.29, 0.717) is 28.9 Å². The smallest absolute Gasteiger partial charge is 0.257 e. The summed E-state index contributed by atoms with van der Waals surface area (Å²) in [5, 5.41) is 3.23. The number of rotatable bonds is 6. The second kappa shape index (κ2) is 7.57. The molecule has 3 rings (SSSR count). The van der Waals surface area contributed by atoms with Crippen molar-refractivity contribution in [3.63, 3.8) is 0 Å². The van der Waals surface area contributed by atoms with Crippen LogP contribution in [0.4, 0.5) is 5.82 Å². The molecule has 7 heteroatoms. The summed E-state index contributed by atoms with van der Waals surface area (Å²) < 4.78 is 5.47. The number of aromatic nitrogens is 2. The number of nitrogens with one attached hydrogen (secondary N) is 2. The number of aromatic amines is 1. The van der Waals surface area contributed by atoms with Crippen LogP contribution in [-0.2, 0) is 4.79 Å². The molecule has 1 atom stereocenters. The molecule has 0 unspecified atom stereocenters. The van der Waals surface area contributed by atoms with E-state index in [1.54, 1.807) is 6.08 Å². The van der Waals surface area contributed by atoms with Gasteiger partial charge in [0.25, 0.3) is 5.56 Å². The molecule has 0 bridgehead atoms. The molecule has 1 aliphatic rings. The summed E-state index contributed by atoms with van der Waals surface area (Å²) >= 11 is 1.43. The molecule has 2 N–H and O–H groups in total. The molecular weight excluding hydrogens is 338 g/mol. The molecule has 0 fully saturated rings. The van der Waals surface area contributed by atoms with Gasteiger partial charge in [-0.2, -0.15) is 0 Å². The topological polar surface area (TPSA) is 84.1 Å². The highest BCUT2D eigenvalue weighted by atomic mass is 32.2. The molecule has 0 saturated heterocycles. The lowest BCUT2D eigenvalue weighted by atomic mass is 9.87. The van der Waals surface area contributed by atoms with Crippen molar-refractivity contribution >= 4 is 23.5 Å². The van der Waals surface area contributed by atoms with Crippen LogP contribution in [0.15, 0.2) is 46.9 Å². The largest absolute Gasteiger partial charge is 0.490 e. The van der Waals surface area contributed by atoms with E-state index in [1.807, 2.05) is 31.2 Å². The van der Waals surface area contributed by atoms with Crippen LogP contribution in [0.3, 0.4) is 0 Å². The third kappa shape index (κ3) is 3.76. The summed E-state index contributed by atoms with van der Waals surface area (Å²) in [6.07, 6.45) is 1.89. The van der Waals surface area contributed by atoms with Gasteiger partial charge in [0.1, 0.15) is 18.2 Å². The molecule has 1 aromatic carbocycles. The van der Waals surface area contributed by atoms with Crippen molar-refractivity contribution in [1.82, 2.24) is 9.97 Å². The monoisotopic (exact) mass is 357 g/mol. The van der Waals surface area contributed by atoms with Gasteiger partial charge >= 0.3 is 0 Å². The quantitative estimate of drug-likeness (QED) is 0.472. The number of thioether (sulfide) groups is 1. The Balaban J connectivity index is 1.97. The zero-order chi connectivity index (χ0) is 17.8. The fourth-order valence-corrected chi connectivity index (χ4v) is 3.39. The number of ether oxygens (including phenoxy) is 1. The number of carbonyl (C=O) groups is 1. The van der Waals surface area contributed by atoms with Crippen LogP contribution in [0, 0.1) is 0 Å². The van der Waals surface area contributed by atoms with E-state index in [1.165, 1.54) is 11.8 Å². The molecular formula is C18H19N3O3S. The summed E-state index contributed by atoms with van der Waals surface area (Å²) in [5.74, 6) is 1.38. The van der Waals surface area contributed by atoms with Gasteiger partial charge in [-0.25, -0.2) is 4.98 Å². The normalized spacial score (nSPS) is 16.0.